The molecule has 0 amide bonds. The summed E-state index contributed by atoms with van der Waals surface area (Å²) in [5, 5.41) is 0. The van der Waals surface area contributed by atoms with Crippen molar-refractivity contribution < 1.29 is 9.53 Å². The van der Waals surface area contributed by atoms with Gasteiger partial charge in [0.05, 0.1) is 12.8 Å². The van der Waals surface area contributed by atoms with Crippen LogP contribution in [0.25, 0.3) is 0 Å². The molecule has 2 N–H and O–H groups in total. The Hall–Kier alpha value is -1.16. The summed E-state index contributed by atoms with van der Waals surface area (Å²) in [6, 6.07) is 5.36. The number of rotatable bonds is 3. The number of para-hydroxylation sites is 1. The Labute approximate surface area is 99.4 Å². The molecule has 1 aromatic carbocycles. The summed E-state index contributed by atoms with van der Waals surface area (Å²) in [7, 11) is 1.56. The zero-order valence-corrected chi connectivity index (χ0v) is 10.0. The van der Waals surface area contributed by atoms with E-state index in [4.69, 9.17) is 10.5 Å². The molecule has 2 rings (SSSR count). The van der Waals surface area contributed by atoms with Gasteiger partial charge in [0.15, 0.2) is 5.78 Å². The van der Waals surface area contributed by atoms with Crippen molar-refractivity contribution in [3.05, 3.63) is 23.8 Å². The Morgan fingerprint density at radius 2 is 2.38 bits per heavy atom. The second-order valence-corrected chi connectivity index (χ2v) is 5.00. The fourth-order valence-electron chi connectivity index (χ4n) is 1.90. The van der Waals surface area contributed by atoms with Gasteiger partial charge < -0.3 is 10.5 Å². The van der Waals surface area contributed by atoms with Crippen molar-refractivity contribution >= 4 is 23.2 Å². The molecular formula is C12H15NO2S. The van der Waals surface area contributed by atoms with E-state index < -0.39 is 0 Å². The summed E-state index contributed by atoms with van der Waals surface area (Å²) < 4.78 is 5.12. The highest BCUT2D eigenvalue weighted by Crippen LogP contribution is 2.31. The minimum absolute atomic E-state index is 0.124. The third-order valence-electron chi connectivity index (χ3n) is 2.85. The zero-order chi connectivity index (χ0) is 11.5. The SMILES string of the molecule is COc1cccc(C(=O)C2CCSC2)c1N. The largest absolute Gasteiger partial charge is 0.495 e. The highest BCUT2D eigenvalue weighted by atomic mass is 32.2. The Bertz CT molecular complexity index is 400. The number of carbonyl (C=O) groups excluding carboxylic acids is 1. The van der Waals surface area contributed by atoms with E-state index in [1.165, 1.54) is 0 Å². The monoisotopic (exact) mass is 237 g/mol. The number of benzene rings is 1. The third kappa shape index (κ3) is 2.02. The standard InChI is InChI=1S/C12H15NO2S/c1-15-10-4-2-3-9(11(10)13)12(14)8-5-6-16-7-8/h2-4,8H,5-7,13H2,1H3. The van der Waals surface area contributed by atoms with E-state index in [1.54, 1.807) is 19.2 Å². The molecule has 0 bridgehead atoms. The number of ether oxygens (including phenoxy) is 1. The van der Waals surface area contributed by atoms with Crippen LogP contribution in [0.15, 0.2) is 18.2 Å². The number of anilines is 1. The van der Waals surface area contributed by atoms with Crippen LogP contribution < -0.4 is 10.5 Å². The second kappa shape index (κ2) is 4.78. The lowest BCUT2D eigenvalue weighted by Gasteiger charge is -2.12. The summed E-state index contributed by atoms with van der Waals surface area (Å²) in [4.78, 5) is 12.2. The first-order valence-corrected chi connectivity index (χ1v) is 6.44. The molecular weight excluding hydrogens is 222 g/mol. The van der Waals surface area contributed by atoms with Crippen LogP contribution in [-0.2, 0) is 0 Å². The summed E-state index contributed by atoms with van der Waals surface area (Å²) in [6.07, 6.45) is 0.958. The lowest BCUT2D eigenvalue weighted by atomic mass is 9.96. The van der Waals surface area contributed by atoms with Gasteiger partial charge >= 0.3 is 0 Å². The maximum atomic E-state index is 12.2. The van der Waals surface area contributed by atoms with E-state index in [-0.39, 0.29) is 11.7 Å². The molecule has 1 heterocycles. The molecule has 4 heteroatoms. The summed E-state index contributed by atoms with van der Waals surface area (Å²) >= 11 is 1.83. The van der Waals surface area contributed by atoms with Crippen LogP contribution in [0.3, 0.4) is 0 Å². The number of thioether (sulfide) groups is 1. The molecule has 86 valence electrons. The third-order valence-corrected chi connectivity index (χ3v) is 4.01. The molecule has 1 aliphatic rings. The van der Waals surface area contributed by atoms with Gasteiger partial charge in [-0.15, -0.1) is 0 Å². The smallest absolute Gasteiger partial charge is 0.169 e. The first-order chi connectivity index (χ1) is 7.74. The number of hydrogen-bond acceptors (Lipinski definition) is 4. The molecule has 0 spiro atoms. The van der Waals surface area contributed by atoms with E-state index in [2.05, 4.69) is 0 Å². The number of nitrogen functional groups attached to an aromatic ring is 1. The van der Waals surface area contributed by atoms with Crippen molar-refractivity contribution in [1.29, 1.82) is 0 Å². The minimum atomic E-state index is 0.124. The van der Waals surface area contributed by atoms with E-state index >= 15 is 0 Å². The van der Waals surface area contributed by atoms with E-state index in [9.17, 15) is 4.79 Å². The fraction of sp³-hybridized carbons (Fsp3) is 0.417. The van der Waals surface area contributed by atoms with Gasteiger partial charge in [-0.2, -0.15) is 11.8 Å². The van der Waals surface area contributed by atoms with Crippen molar-refractivity contribution in [1.82, 2.24) is 0 Å². The van der Waals surface area contributed by atoms with Crippen molar-refractivity contribution in [2.45, 2.75) is 6.42 Å². The van der Waals surface area contributed by atoms with Crippen LogP contribution in [0.2, 0.25) is 0 Å². The summed E-state index contributed by atoms with van der Waals surface area (Å²) in [6.45, 7) is 0. The average Bonchev–Trinajstić information content (AvgIpc) is 2.82. The predicted molar refractivity (Wildman–Crippen MR) is 67.2 cm³/mol. The van der Waals surface area contributed by atoms with Crippen molar-refractivity contribution in [3.63, 3.8) is 0 Å². The first kappa shape index (κ1) is 11.3. The number of hydrogen-bond donors (Lipinski definition) is 1. The molecule has 3 nitrogen and oxygen atoms in total. The minimum Gasteiger partial charge on any atom is -0.495 e. The molecule has 0 saturated carbocycles. The first-order valence-electron chi connectivity index (χ1n) is 5.28. The van der Waals surface area contributed by atoms with Crippen molar-refractivity contribution in [2.24, 2.45) is 5.92 Å². The van der Waals surface area contributed by atoms with Crippen LogP contribution in [-0.4, -0.2) is 24.4 Å². The lowest BCUT2D eigenvalue weighted by Crippen LogP contribution is -2.16. The molecule has 1 saturated heterocycles. The molecule has 16 heavy (non-hydrogen) atoms. The quantitative estimate of drug-likeness (QED) is 0.647. The van der Waals surface area contributed by atoms with Gasteiger partial charge in [-0.1, -0.05) is 6.07 Å². The van der Waals surface area contributed by atoms with Gasteiger partial charge in [0.1, 0.15) is 5.75 Å². The van der Waals surface area contributed by atoms with Crippen LogP contribution in [0.5, 0.6) is 5.75 Å². The molecule has 1 aromatic rings. The topological polar surface area (TPSA) is 52.3 Å². The highest BCUT2D eigenvalue weighted by Gasteiger charge is 2.26. The molecule has 1 aliphatic heterocycles. The summed E-state index contributed by atoms with van der Waals surface area (Å²) in [5.41, 5.74) is 6.98. The maximum Gasteiger partial charge on any atom is 0.169 e. The van der Waals surface area contributed by atoms with Gasteiger partial charge in [0.25, 0.3) is 0 Å². The molecule has 0 radical (unpaired) electrons. The lowest BCUT2D eigenvalue weighted by molar-refractivity contribution is 0.0934. The molecule has 1 fully saturated rings. The summed E-state index contributed by atoms with van der Waals surface area (Å²) in [5.74, 6) is 2.84. The van der Waals surface area contributed by atoms with Crippen LogP contribution in [0.4, 0.5) is 5.69 Å². The average molecular weight is 237 g/mol. The molecule has 1 unspecified atom stereocenters. The van der Waals surface area contributed by atoms with Crippen molar-refractivity contribution in [2.75, 3.05) is 24.3 Å². The molecule has 1 atom stereocenters. The Balaban J connectivity index is 2.29. The van der Waals surface area contributed by atoms with Crippen LogP contribution in [0, 0.1) is 5.92 Å². The maximum absolute atomic E-state index is 12.2. The number of methoxy groups -OCH3 is 1. The Kier molecular flexibility index (Phi) is 3.39. The van der Waals surface area contributed by atoms with Gasteiger partial charge in [-0.25, -0.2) is 0 Å². The number of Topliss-reactive ketones (excluding diaryl/α,β-unsaturated/α-hetero) is 1. The van der Waals surface area contributed by atoms with Crippen LogP contribution >= 0.6 is 11.8 Å². The predicted octanol–water partition coefficient (Wildman–Crippen LogP) is 2.21. The highest BCUT2D eigenvalue weighted by molar-refractivity contribution is 7.99. The Morgan fingerprint density at radius 3 is 3.00 bits per heavy atom. The van der Waals surface area contributed by atoms with Gasteiger partial charge in [0.2, 0.25) is 0 Å². The zero-order valence-electron chi connectivity index (χ0n) is 9.23. The number of carbonyl (C=O) groups is 1. The second-order valence-electron chi connectivity index (χ2n) is 3.85. The number of nitrogens with two attached hydrogens (primary N) is 1. The van der Waals surface area contributed by atoms with Crippen molar-refractivity contribution in [3.8, 4) is 5.75 Å². The normalized spacial score (nSPS) is 19.7. The van der Waals surface area contributed by atoms with E-state index in [1.807, 2.05) is 17.8 Å². The van der Waals surface area contributed by atoms with E-state index in [0.717, 1.165) is 17.9 Å². The molecule has 0 aliphatic carbocycles. The van der Waals surface area contributed by atoms with Gasteiger partial charge in [-0.3, -0.25) is 4.79 Å². The van der Waals surface area contributed by atoms with Gasteiger partial charge in [-0.05, 0) is 24.3 Å². The fourth-order valence-corrected chi connectivity index (χ4v) is 3.12. The van der Waals surface area contributed by atoms with E-state index in [0.29, 0.717) is 17.0 Å². The molecule has 0 aromatic heterocycles. The Morgan fingerprint density at radius 1 is 1.56 bits per heavy atom. The van der Waals surface area contributed by atoms with Crippen LogP contribution in [0.1, 0.15) is 16.8 Å². The van der Waals surface area contributed by atoms with Gasteiger partial charge in [0, 0.05) is 17.2 Å². The number of ketones is 1.